The molecule has 0 bridgehead atoms. The van der Waals surface area contributed by atoms with Crippen LogP contribution in [-0.4, -0.2) is 25.2 Å². The van der Waals surface area contributed by atoms with Gasteiger partial charge in [0.05, 0.1) is 32.2 Å². The summed E-state index contributed by atoms with van der Waals surface area (Å²) in [5, 5.41) is 3.31. The summed E-state index contributed by atoms with van der Waals surface area (Å²) in [5.74, 6) is -0.557. The molecule has 34 heavy (non-hydrogen) atoms. The molecule has 0 unspecified atom stereocenters. The summed E-state index contributed by atoms with van der Waals surface area (Å²) < 4.78 is 28.8. The molecule has 0 aliphatic carbocycles. The van der Waals surface area contributed by atoms with E-state index < -0.39 is 22.5 Å². The second-order valence-corrected chi connectivity index (χ2v) is 11.4. The molecule has 0 aromatic heterocycles. The van der Waals surface area contributed by atoms with E-state index in [1.165, 1.54) is 16.4 Å². The first-order valence-corrected chi connectivity index (χ1v) is 13.0. The van der Waals surface area contributed by atoms with Crippen molar-refractivity contribution in [3.05, 3.63) is 91.4 Å². The number of benzene rings is 3. The maximum absolute atomic E-state index is 13.8. The summed E-state index contributed by atoms with van der Waals surface area (Å²) in [5.41, 5.74) is 4.27. The van der Waals surface area contributed by atoms with Gasteiger partial charge in [-0.15, -0.1) is 0 Å². The lowest BCUT2D eigenvalue weighted by Crippen LogP contribution is -2.38. The second-order valence-electron chi connectivity index (χ2n) is 8.28. The van der Waals surface area contributed by atoms with Gasteiger partial charge in [-0.1, -0.05) is 82.3 Å². The SMILES string of the molecule is Cc1ccc(CN(CC(=O)Nc2cc(Cl)c(Cl)cc2Cl)S(=O)(=O)c2c(C)cc(C)cc2C)cc1. The third-order valence-electron chi connectivity index (χ3n) is 5.29. The molecular weight excluding hydrogens is 515 g/mol. The topological polar surface area (TPSA) is 66.5 Å². The van der Waals surface area contributed by atoms with Gasteiger partial charge in [-0.25, -0.2) is 8.42 Å². The number of aryl methyl sites for hydroxylation is 4. The number of hydrogen-bond donors (Lipinski definition) is 1. The molecule has 0 aliphatic rings. The Hall–Kier alpha value is -2.09. The highest BCUT2D eigenvalue weighted by Crippen LogP contribution is 2.32. The third kappa shape index (κ3) is 6.12. The smallest absolute Gasteiger partial charge is 0.244 e. The Morgan fingerprint density at radius 1 is 0.824 bits per heavy atom. The van der Waals surface area contributed by atoms with Crippen molar-refractivity contribution in [2.45, 2.75) is 39.1 Å². The molecule has 0 radical (unpaired) electrons. The number of carbonyl (C=O) groups excluding carboxylic acids is 1. The number of sulfonamides is 1. The van der Waals surface area contributed by atoms with E-state index in [1.807, 2.05) is 50.2 Å². The van der Waals surface area contributed by atoms with Crippen LogP contribution in [0.1, 0.15) is 27.8 Å². The standard InChI is InChI=1S/C25H25Cl3N2O3S/c1-15-5-7-19(8-6-15)13-30(34(32,33)25-17(3)9-16(2)10-18(25)4)14-24(31)29-23-12-21(27)20(26)11-22(23)28/h5-12H,13-14H2,1-4H3,(H,29,31). The average molecular weight is 540 g/mol. The Kier molecular flexibility index (Phi) is 8.32. The van der Waals surface area contributed by atoms with Crippen molar-refractivity contribution >= 4 is 56.4 Å². The Morgan fingerprint density at radius 3 is 1.97 bits per heavy atom. The molecule has 0 heterocycles. The summed E-state index contributed by atoms with van der Waals surface area (Å²) >= 11 is 18.2. The van der Waals surface area contributed by atoms with Gasteiger partial charge in [-0.3, -0.25) is 4.79 Å². The molecule has 0 aliphatic heterocycles. The summed E-state index contributed by atoms with van der Waals surface area (Å²) in [7, 11) is -4.01. The number of carbonyl (C=O) groups is 1. The van der Waals surface area contributed by atoms with Crippen LogP contribution in [0.5, 0.6) is 0 Å². The van der Waals surface area contributed by atoms with Gasteiger partial charge < -0.3 is 5.32 Å². The van der Waals surface area contributed by atoms with E-state index in [0.717, 1.165) is 16.7 Å². The number of anilines is 1. The van der Waals surface area contributed by atoms with Crippen LogP contribution >= 0.6 is 34.8 Å². The summed E-state index contributed by atoms with van der Waals surface area (Å²) in [6, 6.07) is 14.0. The summed E-state index contributed by atoms with van der Waals surface area (Å²) in [4.78, 5) is 13.2. The van der Waals surface area contributed by atoms with E-state index in [-0.39, 0.29) is 32.2 Å². The van der Waals surface area contributed by atoms with Gasteiger partial charge in [0.2, 0.25) is 15.9 Å². The molecule has 0 spiro atoms. The predicted octanol–water partition coefficient (Wildman–Crippen LogP) is 6.71. The lowest BCUT2D eigenvalue weighted by Gasteiger charge is -2.24. The van der Waals surface area contributed by atoms with Crippen molar-refractivity contribution in [1.82, 2.24) is 4.31 Å². The highest BCUT2D eigenvalue weighted by Gasteiger charge is 2.30. The average Bonchev–Trinajstić information content (AvgIpc) is 2.72. The summed E-state index contributed by atoms with van der Waals surface area (Å²) in [6.45, 7) is 6.98. The van der Waals surface area contributed by atoms with E-state index >= 15 is 0 Å². The van der Waals surface area contributed by atoms with Crippen LogP contribution in [-0.2, 0) is 21.4 Å². The molecule has 3 aromatic carbocycles. The minimum Gasteiger partial charge on any atom is -0.324 e. The number of amides is 1. The van der Waals surface area contributed by atoms with Gasteiger partial charge in [-0.05, 0) is 56.5 Å². The van der Waals surface area contributed by atoms with E-state index in [9.17, 15) is 13.2 Å². The molecule has 5 nitrogen and oxygen atoms in total. The number of hydrogen-bond acceptors (Lipinski definition) is 3. The number of nitrogens with one attached hydrogen (secondary N) is 1. The highest BCUT2D eigenvalue weighted by molar-refractivity contribution is 7.89. The van der Waals surface area contributed by atoms with E-state index in [1.54, 1.807) is 13.8 Å². The molecule has 1 amide bonds. The molecule has 0 saturated heterocycles. The maximum Gasteiger partial charge on any atom is 0.244 e. The maximum atomic E-state index is 13.8. The van der Waals surface area contributed by atoms with Crippen LogP contribution in [0.15, 0.2) is 53.4 Å². The first kappa shape index (κ1) is 26.5. The fourth-order valence-corrected chi connectivity index (χ4v) is 6.18. The monoisotopic (exact) mass is 538 g/mol. The van der Waals surface area contributed by atoms with Crippen molar-refractivity contribution in [3.8, 4) is 0 Å². The summed E-state index contributed by atoms with van der Waals surface area (Å²) in [6.07, 6.45) is 0. The zero-order valence-corrected chi connectivity index (χ0v) is 22.3. The molecule has 1 N–H and O–H groups in total. The van der Waals surface area contributed by atoms with Gasteiger partial charge in [0.15, 0.2) is 0 Å². The lowest BCUT2D eigenvalue weighted by atomic mass is 10.1. The highest BCUT2D eigenvalue weighted by atomic mass is 35.5. The first-order chi connectivity index (χ1) is 15.9. The molecule has 180 valence electrons. The molecule has 9 heteroatoms. The third-order valence-corrected chi connectivity index (χ3v) is 8.42. The fraction of sp³-hybridized carbons (Fsp3) is 0.240. The lowest BCUT2D eigenvalue weighted by molar-refractivity contribution is -0.116. The van der Waals surface area contributed by atoms with Crippen LogP contribution in [0.3, 0.4) is 0 Å². The molecular formula is C25H25Cl3N2O3S. The zero-order chi connectivity index (χ0) is 25.2. The number of rotatable bonds is 7. The zero-order valence-electron chi connectivity index (χ0n) is 19.2. The van der Waals surface area contributed by atoms with Crippen molar-refractivity contribution in [2.75, 3.05) is 11.9 Å². The van der Waals surface area contributed by atoms with Crippen LogP contribution < -0.4 is 5.32 Å². The predicted molar refractivity (Wildman–Crippen MR) is 140 cm³/mol. The molecule has 0 fully saturated rings. The van der Waals surface area contributed by atoms with Gasteiger partial charge >= 0.3 is 0 Å². The van der Waals surface area contributed by atoms with Crippen LogP contribution in [0, 0.1) is 27.7 Å². The first-order valence-electron chi connectivity index (χ1n) is 10.5. The Bertz CT molecular complexity index is 1320. The van der Waals surface area contributed by atoms with Crippen molar-refractivity contribution in [3.63, 3.8) is 0 Å². The van der Waals surface area contributed by atoms with Crippen LogP contribution in [0.25, 0.3) is 0 Å². The Balaban J connectivity index is 1.98. The Labute approximate surface area is 215 Å². The van der Waals surface area contributed by atoms with E-state index in [0.29, 0.717) is 11.1 Å². The molecule has 0 atom stereocenters. The minimum absolute atomic E-state index is 0.0257. The largest absolute Gasteiger partial charge is 0.324 e. The Morgan fingerprint density at radius 2 is 1.38 bits per heavy atom. The number of halogens is 3. The fourth-order valence-electron chi connectivity index (χ4n) is 3.79. The van der Waals surface area contributed by atoms with Crippen molar-refractivity contribution in [2.24, 2.45) is 0 Å². The van der Waals surface area contributed by atoms with Gasteiger partial charge in [0.1, 0.15) is 0 Å². The van der Waals surface area contributed by atoms with Crippen molar-refractivity contribution in [1.29, 1.82) is 0 Å². The molecule has 3 aromatic rings. The van der Waals surface area contributed by atoms with Crippen LogP contribution in [0.2, 0.25) is 15.1 Å². The van der Waals surface area contributed by atoms with E-state index in [2.05, 4.69) is 5.32 Å². The molecule has 3 rings (SSSR count). The minimum atomic E-state index is -4.01. The normalized spacial score (nSPS) is 11.6. The second kappa shape index (κ2) is 10.7. The van der Waals surface area contributed by atoms with Gasteiger partial charge in [-0.2, -0.15) is 4.31 Å². The van der Waals surface area contributed by atoms with Crippen LogP contribution in [0.4, 0.5) is 5.69 Å². The van der Waals surface area contributed by atoms with E-state index in [4.69, 9.17) is 34.8 Å². The van der Waals surface area contributed by atoms with Gasteiger partial charge in [0, 0.05) is 6.54 Å². The number of nitrogens with zero attached hydrogens (tertiary/aromatic N) is 1. The quantitative estimate of drug-likeness (QED) is 0.339. The van der Waals surface area contributed by atoms with Crippen molar-refractivity contribution < 1.29 is 13.2 Å². The molecule has 0 saturated carbocycles. The van der Waals surface area contributed by atoms with Gasteiger partial charge in [0.25, 0.3) is 0 Å².